The minimum atomic E-state index is -0.379. The van der Waals surface area contributed by atoms with Crippen LogP contribution >= 0.6 is 0 Å². The zero-order valence-corrected chi connectivity index (χ0v) is 25.1. The fourth-order valence-electron chi connectivity index (χ4n) is 5.45. The van der Waals surface area contributed by atoms with Crippen molar-refractivity contribution in [2.45, 2.75) is 110 Å². The summed E-state index contributed by atoms with van der Waals surface area (Å²) in [5.74, 6) is 3.31. The quantitative estimate of drug-likeness (QED) is 0.0758. The zero-order chi connectivity index (χ0) is 28.3. The molecule has 0 radical (unpaired) electrons. The second-order valence-corrected chi connectivity index (χ2v) is 11.4. The lowest BCUT2D eigenvalue weighted by Gasteiger charge is -2.26. The topological polar surface area (TPSA) is 44.8 Å². The molecule has 0 atom stereocenters. The van der Waals surface area contributed by atoms with Gasteiger partial charge in [0.25, 0.3) is 0 Å². The normalized spacial score (nSPS) is 17.1. The Balaban J connectivity index is 1.29. The molecular formula is C36H52O4. The molecule has 0 aliphatic heterocycles. The van der Waals surface area contributed by atoms with E-state index in [0.717, 1.165) is 23.8 Å². The predicted molar refractivity (Wildman–Crippen MR) is 166 cm³/mol. The second kappa shape index (κ2) is 19.3. The maximum Gasteiger partial charge on any atom is 0.343 e. The zero-order valence-electron chi connectivity index (χ0n) is 25.1. The van der Waals surface area contributed by atoms with Gasteiger partial charge in [-0.2, -0.15) is 0 Å². The smallest absolute Gasteiger partial charge is 0.343 e. The van der Waals surface area contributed by atoms with E-state index in [4.69, 9.17) is 14.2 Å². The summed E-state index contributed by atoms with van der Waals surface area (Å²) < 4.78 is 17.2. The minimum absolute atomic E-state index is 0.379. The van der Waals surface area contributed by atoms with Crippen molar-refractivity contribution in [2.75, 3.05) is 13.2 Å². The molecule has 4 nitrogen and oxygen atoms in total. The van der Waals surface area contributed by atoms with Crippen LogP contribution < -0.4 is 14.2 Å². The largest absolute Gasteiger partial charge is 0.494 e. The van der Waals surface area contributed by atoms with Gasteiger partial charge < -0.3 is 14.2 Å². The molecule has 40 heavy (non-hydrogen) atoms. The van der Waals surface area contributed by atoms with E-state index in [1.807, 2.05) is 24.3 Å². The van der Waals surface area contributed by atoms with E-state index in [2.05, 4.69) is 26.0 Å². The van der Waals surface area contributed by atoms with Gasteiger partial charge >= 0.3 is 5.97 Å². The molecule has 0 heterocycles. The first kappa shape index (κ1) is 31.8. The Morgan fingerprint density at radius 3 is 1.98 bits per heavy atom. The van der Waals surface area contributed by atoms with Crippen molar-refractivity contribution in [2.24, 2.45) is 11.8 Å². The highest BCUT2D eigenvalue weighted by atomic mass is 16.5. The summed E-state index contributed by atoms with van der Waals surface area (Å²) in [6, 6.07) is 14.4. The molecule has 0 unspecified atom stereocenters. The van der Waals surface area contributed by atoms with Gasteiger partial charge in [-0.3, -0.25) is 0 Å². The molecule has 1 aliphatic rings. The first-order valence-electron chi connectivity index (χ1n) is 16.0. The van der Waals surface area contributed by atoms with Crippen LogP contribution in [0.3, 0.4) is 0 Å². The van der Waals surface area contributed by atoms with Crippen molar-refractivity contribution in [1.82, 2.24) is 0 Å². The average Bonchev–Trinajstić information content (AvgIpc) is 2.98. The Labute approximate surface area is 243 Å². The Morgan fingerprint density at radius 2 is 1.27 bits per heavy atom. The molecule has 0 bridgehead atoms. The number of hydrogen-bond donors (Lipinski definition) is 0. The van der Waals surface area contributed by atoms with Gasteiger partial charge in [0.1, 0.15) is 23.9 Å². The Hall–Kier alpha value is -2.75. The molecule has 1 fully saturated rings. The van der Waals surface area contributed by atoms with Crippen LogP contribution in [-0.4, -0.2) is 19.2 Å². The molecule has 2 aromatic carbocycles. The van der Waals surface area contributed by atoms with Gasteiger partial charge in [-0.05, 0) is 92.5 Å². The summed E-state index contributed by atoms with van der Waals surface area (Å²) in [5.41, 5.74) is 0.503. The SMILES string of the molecule is CCCCCCCCCOc1ccc(C(=O)Oc2ccc(OCC=CC3CCC(CCCCC)CC3)cc2)cc1. The lowest BCUT2D eigenvalue weighted by atomic mass is 9.79. The van der Waals surface area contributed by atoms with Crippen molar-refractivity contribution in [1.29, 1.82) is 0 Å². The van der Waals surface area contributed by atoms with Gasteiger partial charge in [0, 0.05) is 0 Å². The van der Waals surface area contributed by atoms with Gasteiger partial charge in [-0.1, -0.05) is 90.2 Å². The molecule has 3 rings (SSSR count). The minimum Gasteiger partial charge on any atom is -0.494 e. The number of carbonyl (C=O) groups excluding carboxylic acids is 1. The Bertz CT molecular complexity index is 955. The van der Waals surface area contributed by atoms with Crippen LogP contribution in [0.1, 0.15) is 121 Å². The van der Waals surface area contributed by atoms with Crippen molar-refractivity contribution in [3.8, 4) is 17.2 Å². The van der Waals surface area contributed by atoms with Crippen molar-refractivity contribution < 1.29 is 19.0 Å². The van der Waals surface area contributed by atoms with Crippen LogP contribution in [0.25, 0.3) is 0 Å². The summed E-state index contributed by atoms with van der Waals surface area (Å²) in [6.45, 7) is 5.79. The van der Waals surface area contributed by atoms with Gasteiger partial charge in [0.05, 0.1) is 12.2 Å². The molecule has 2 aromatic rings. The van der Waals surface area contributed by atoms with Gasteiger partial charge in [0.15, 0.2) is 0 Å². The van der Waals surface area contributed by atoms with Crippen LogP contribution in [0.4, 0.5) is 0 Å². The summed E-state index contributed by atoms with van der Waals surface area (Å²) in [6.07, 6.45) is 24.2. The van der Waals surface area contributed by atoms with Crippen LogP contribution in [0, 0.1) is 11.8 Å². The van der Waals surface area contributed by atoms with Crippen LogP contribution in [0.5, 0.6) is 17.2 Å². The lowest BCUT2D eigenvalue weighted by molar-refractivity contribution is 0.0734. The van der Waals surface area contributed by atoms with E-state index in [-0.39, 0.29) is 5.97 Å². The highest BCUT2D eigenvalue weighted by Gasteiger charge is 2.18. The van der Waals surface area contributed by atoms with Gasteiger partial charge in [-0.25, -0.2) is 4.79 Å². The molecule has 0 spiro atoms. The molecule has 1 saturated carbocycles. The molecule has 4 heteroatoms. The molecule has 1 aliphatic carbocycles. The third kappa shape index (κ3) is 12.6. The van der Waals surface area contributed by atoms with Crippen LogP contribution in [-0.2, 0) is 0 Å². The number of hydrogen-bond acceptors (Lipinski definition) is 4. The standard InChI is InChI=1S/C36H52O4/c1-3-5-7-8-9-10-12-28-38-33-22-20-32(21-23-33)36(37)40-35-26-24-34(25-27-35)39-29-13-15-31-18-16-30(17-19-31)14-11-6-4-2/h13,15,20-27,30-31H,3-12,14,16-19,28-29H2,1-2H3. The highest BCUT2D eigenvalue weighted by Crippen LogP contribution is 2.32. The number of carbonyl (C=O) groups is 1. The molecule has 0 aromatic heterocycles. The highest BCUT2D eigenvalue weighted by molar-refractivity contribution is 5.91. The summed E-state index contributed by atoms with van der Waals surface area (Å²) >= 11 is 0. The van der Waals surface area contributed by atoms with Crippen LogP contribution in [0.2, 0.25) is 0 Å². The van der Waals surface area contributed by atoms with Crippen molar-refractivity contribution >= 4 is 5.97 Å². The molecule has 0 amide bonds. The van der Waals surface area contributed by atoms with E-state index >= 15 is 0 Å². The fraction of sp³-hybridized carbons (Fsp3) is 0.583. The molecule has 0 saturated heterocycles. The van der Waals surface area contributed by atoms with E-state index in [0.29, 0.717) is 30.4 Å². The number of unbranched alkanes of at least 4 members (excludes halogenated alkanes) is 8. The summed E-state index contributed by atoms with van der Waals surface area (Å²) in [7, 11) is 0. The predicted octanol–water partition coefficient (Wildman–Crippen LogP) is 10.4. The Kier molecular flexibility index (Phi) is 15.4. The average molecular weight is 549 g/mol. The number of benzene rings is 2. The number of allylic oxidation sites excluding steroid dienone is 1. The maximum atomic E-state index is 12.6. The number of ether oxygens (including phenoxy) is 3. The van der Waals surface area contributed by atoms with E-state index in [1.165, 1.54) is 89.9 Å². The first-order valence-corrected chi connectivity index (χ1v) is 16.0. The maximum absolute atomic E-state index is 12.6. The molecule has 220 valence electrons. The van der Waals surface area contributed by atoms with Gasteiger partial charge in [-0.15, -0.1) is 0 Å². The first-order chi connectivity index (χ1) is 19.7. The van der Waals surface area contributed by atoms with E-state index in [9.17, 15) is 4.79 Å². The molecule has 0 N–H and O–H groups in total. The van der Waals surface area contributed by atoms with Crippen LogP contribution in [0.15, 0.2) is 60.7 Å². The van der Waals surface area contributed by atoms with E-state index < -0.39 is 0 Å². The number of esters is 1. The third-order valence-corrected chi connectivity index (χ3v) is 8.00. The van der Waals surface area contributed by atoms with Crippen molar-refractivity contribution in [3.05, 3.63) is 66.2 Å². The third-order valence-electron chi connectivity index (χ3n) is 8.00. The van der Waals surface area contributed by atoms with Gasteiger partial charge in [0.2, 0.25) is 0 Å². The monoisotopic (exact) mass is 548 g/mol. The summed E-state index contributed by atoms with van der Waals surface area (Å²) in [4.78, 5) is 12.6. The van der Waals surface area contributed by atoms with E-state index in [1.54, 1.807) is 24.3 Å². The van der Waals surface area contributed by atoms with Crippen molar-refractivity contribution in [3.63, 3.8) is 0 Å². The fourth-order valence-corrected chi connectivity index (χ4v) is 5.45. The Morgan fingerprint density at radius 1 is 0.700 bits per heavy atom. The lowest BCUT2D eigenvalue weighted by Crippen LogP contribution is -2.13. The second-order valence-electron chi connectivity index (χ2n) is 11.4. The summed E-state index contributed by atoms with van der Waals surface area (Å²) in [5, 5.41) is 0. The molecular weight excluding hydrogens is 496 g/mol. The number of rotatable bonds is 19.